The summed E-state index contributed by atoms with van der Waals surface area (Å²) in [5, 5.41) is 62.7. The standard InChI is InChI=1S/C6H12O2.2C5H10O2.2C4H8O2.C3H6O2.2C2H4O2/c1-2-3-4-5-6(7)8;1-4(2)3-5(6)7;1-2-3-4-5(6)7;1-3(2)4(5)6;1-2-3-4(5)6;1-2-3(4)5;2*1-2(3)4/h2-5H2,1H3,(H,7,8);4H,3H2,1-2H3,(H,6,7);2-4H2,1H3,(H,6,7);3H,1-2H3,(H,5,6);2-3H2,1H3,(H,5,6);2H2,1H3,(H,4,5);2*1H3,(H,3,4). The number of hydrogen-bond donors (Lipinski definition) is 8. The maximum atomic E-state index is 9.87. The van der Waals surface area contributed by atoms with Crippen molar-refractivity contribution in [2.24, 2.45) is 11.8 Å². The molecule has 0 unspecified atom stereocenters. The van der Waals surface area contributed by atoms with E-state index >= 15 is 0 Å². The first-order valence-corrected chi connectivity index (χ1v) is 15.0. The van der Waals surface area contributed by atoms with Gasteiger partial charge in [0, 0.05) is 46.0 Å². The average Bonchev–Trinajstić information content (AvgIpc) is 2.87. The van der Waals surface area contributed by atoms with E-state index in [1.54, 1.807) is 20.8 Å². The first-order chi connectivity index (χ1) is 21.3. The molecule has 0 aromatic heterocycles. The summed E-state index contributed by atoms with van der Waals surface area (Å²) in [4.78, 5) is 76.1. The van der Waals surface area contributed by atoms with Crippen molar-refractivity contribution in [3.8, 4) is 0 Å². The summed E-state index contributed by atoms with van der Waals surface area (Å²) < 4.78 is 0. The molecule has 0 radical (unpaired) electrons. The second-order valence-electron chi connectivity index (χ2n) is 9.76. The van der Waals surface area contributed by atoms with Gasteiger partial charge >= 0.3 is 35.8 Å². The van der Waals surface area contributed by atoms with Crippen molar-refractivity contribution >= 4 is 47.8 Å². The lowest BCUT2D eigenvalue weighted by Crippen LogP contribution is -2.03. The summed E-state index contributed by atoms with van der Waals surface area (Å²) in [6.45, 7) is 16.7. The predicted molar refractivity (Wildman–Crippen MR) is 176 cm³/mol. The lowest BCUT2D eigenvalue weighted by Gasteiger charge is -1.94. The van der Waals surface area contributed by atoms with Gasteiger partial charge in [-0.3, -0.25) is 38.4 Å². The molecule has 282 valence electrons. The van der Waals surface area contributed by atoms with Crippen molar-refractivity contribution in [1.29, 1.82) is 0 Å². The Morgan fingerprint density at radius 3 is 0.809 bits per heavy atom. The van der Waals surface area contributed by atoms with Gasteiger partial charge in [-0.05, 0) is 25.2 Å². The summed E-state index contributed by atoms with van der Waals surface area (Å²) in [6.07, 6.45) is 6.88. The Bertz CT molecular complexity index is 770. The fraction of sp³-hybridized carbons (Fsp3) is 0.742. The Balaban J connectivity index is -0.0000000623. The fourth-order valence-electron chi connectivity index (χ4n) is 1.42. The van der Waals surface area contributed by atoms with Crippen molar-refractivity contribution < 1.29 is 79.2 Å². The first kappa shape index (κ1) is 61.7. The van der Waals surface area contributed by atoms with E-state index in [0.717, 1.165) is 52.4 Å². The van der Waals surface area contributed by atoms with Crippen molar-refractivity contribution in [3.63, 3.8) is 0 Å². The summed E-state index contributed by atoms with van der Waals surface area (Å²) in [7, 11) is 0. The summed E-state index contributed by atoms with van der Waals surface area (Å²) in [5.41, 5.74) is 0. The van der Waals surface area contributed by atoms with Crippen LogP contribution in [0.5, 0.6) is 0 Å². The number of aliphatic carboxylic acids is 8. The minimum Gasteiger partial charge on any atom is -0.481 e. The number of rotatable bonds is 13. The van der Waals surface area contributed by atoms with Crippen molar-refractivity contribution in [1.82, 2.24) is 0 Å². The zero-order valence-electron chi connectivity index (χ0n) is 29.8. The van der Waals surface area contributed by atoms with Crippen molar-refractivity contribution in [2.75, 3.05) is 0 Å². The molecule has 0 aromatic rings. The second kappa shape index (κ2) is 51.3. The van der Waals surface area contributed by atoms with Gasteiger partial charge in [0.15, 0.2) is 0 Å². The van der Waals surface area contributed by atoms with E-state index in [-0.39, 0.29) is 24.7 Å². The topological polar surface area (TPSA) is 298 Å². The van der Waals surface area contributed by atoms with Crippen molar-refractivity contribution in [2.45, 2.75) is 140 Å². The van der Waals surface area contributed by atoms with Crippen LogP contribution in [0.15, 0.2) is 0 Å². The van der Waals surface area contributed by atoms with Crippen LogP contribution in [0.3, 0.4) is 0 Å². The molecule has 0 fully saturated rings. The molecule has 0 saturated carbocycles. The Morgan fingerprint density at radius 1 is 0.447 bits per heavy atom. The molecule has 16 nitrogen and oxygen atoms in total. The predicted octanol–water partition coefficient (Wildman–Crippen LogP) is 6.29. The monoisotopic (exact) mass is 690 g/mol. The molecule has 0 atom stereocenters. The van der Waals surface area contributed by atoms with E-state index in [0.29, 0.717) is 19.3 Å². The quantitative estimate of drug-likeness (QED) is 0.0984. The molecule has 0 rings (SSSR count). The highest BCUT2D eigenvalue weighted by molar-refractivity contribution is 5.69. The highest BCUT2D eigenvalue weighted by Crippen LogP contribution is 1.97. The van der Waals surface area contributed by atoms with Gasteiger partial charge in [0.05, 0.1) is 5.92 Å². The third kappa shape index (κ3) is 209. The Labute approximate surface area is 278 Å². The first-order valence-electron chi connectivity index (χ1n) is 15.0. The van der Waals surface area contributed by atoms with Gasteiger partial charge in [-0.2, -0.15) is 0 Å². The smallest absolute Gasteiger partial charge is 0.305 e. The summed E-state index contributed by atoms with van der Waals surface area (Å²) in [6, 6.07) is 0. The molecule has 47 heavy (non-hydrogen) atoms. The SMILES string of the molecule is CC(=O)O.CC(=O)O.CC(C)C(=O)O.CC(C)CC(=O)O.CCC(=O)O.CCCC(=O)O.CCCCC(=O)O.CCCCCC(=O)O. The van der Waals surface area contributed by atoms with Gasteiger partial charge in [-0.1, -0.05) is 74.7 Å². The number of hydrogen-bond acceptors (Lipinski definition) is 8. The Morgan fingerprint density at radius 2 is 0.723 bits per heavy atom. The molecular weight excluding hydrogens is 628 g/mol. The molecule has 0 amide bonds. The summed E-state index contributed by atoms with van der Waals surface area (Å²) in [5.74, 6) is -5.91. The minimum atomic E-state index is -0.833. The van der Waals surface area contributed by atoms with Crippen LogP contribution in [-0.4, -0.2) is 88.6 Å². The molecule has 0 heterocycles. The second-order valence-corrected chi connectivity index (χ2v) is 9.76. The van der Waals surface area contributed by atoms with Gasteiger partial charge in [-0.15, -0.1) is 0 Å². The van der Waals surface area contributed by atoms with Crippen LogP contribution in [0.25, 0.3) is 0 Å². The van der Waals surface area contributed by atoms with Gasteiger partial charge in [0.2, 0.25) is 0 Å². The molecule has 0 spiro atoms. The molecule has 0 aliphatic heterocycles. The maximum absolute atomic E-state index is 9.87. The normalized spacial score (nSPS) is 8.34. The highest BCUT2D eigenvalue weighted by Gasteiger charge is 1.99. The number of carboxylic acid groups (broad SMARTS) is 8. The van der Waals surface area contributed by atoms with Gasteiger partial charge < -0.3 is 40.9 Å². The van der Waals surface area contributed by atoms with Crippen LogP contribution in [-0.2, 0) is 38.4 Å². The molecule has 0 aliphatic rings. The van der Waals surface area contributed by atoms with E-state index in [2.05, 4.69) is 6.92 Å². The van der Waals surface area contributed by atoms with E-state index in [9.17, 15) is 28.8 Å². The number of unbranched alkanes of at least 4 members (excludes halogenated alkanes) is 3. The Kier molecular flexibility index (Phi) is 67.4. The van der Waals surface area contributed by atoms with E-state index in [1.165, 1.54) is 0 Å². The molecular formula is C31H62O16. The van der Waals surface area contributed by atoms with Crippen LogP contribution in [0.2, 0.25) is 0 Å². The average molecular weight is 691 g/mol. The number of carbonyl (C=O) groups is 8. The highest BCUT2D eigenvalue weighted by atomic mass is 16.4. The largest absolute Gasteiger partial charge is 0.481 e. The third-order valence-electron chi connectivity index (χ3n) is 3.58. The van der Waals surface area contributed by atoms with Crippen LogP contribution in [0.4, 0.5) is 0 Å². The summed E-state index contributed by atoms with van der Waals surface area (Å²) >= 11 is 0. The molecule has 0 saturated heterocycles. The van der Waals surface area contributed by atoms with Crippen molar-refractivity contribution in [3.05, 3.63) is 0 Å². The zero-order chi connectivity index (χ0) is 39.6. The lowest BCUT2D eigenvalue weighted by molar-refractivity contribution is -0.141. The van der Waals surface area contributed by atoms with Crippen LogP contribution in [0, 0.1) is 11.8 Å². The van der Waals surface area contributed by atoms with E-state index < -0.39 is 47.8 Å². The molecule has 0 bridgehead atoms. The van der Waals surface area contributed by atoms with Crippen LogP contribution >= 0.6 is 0 Å². The third-order valence-corrected chi connectivity index (χ3v) is 3.58. The molecule has 8 N–H and O–H groups in total. The van der Waals surface area contributed by atoms with E-state index in [1.807, 2.05) is 27.7 Å². The van der Waals surface area contributed by atoms with Crippen LogP contribution < -0.4 is 0 Å². The zero-order valence-corrected chi connectivity index (χ0v) is 29.8. The van der Waals surface area contributed by atoms with Gasteiger partial charge in [0.1, 0.15) is 0 Å². The number of carboxylic acids is 8. The maximum Gasteiger partial charge on any atom is 0.305 e. The molecule has 0 aromatic carbocycles. The fourth-order valence-corrected chi connectivity index (χ4v) is 1.42. The molecule has 16 heteroatoms. The van der Waals surface area contributed by atoms with E-state index in [4.69, 9.17) is 50.4 Å². The lowest BCUT2D eigenvalue weighted by atomic mass is 10.1. The van der Waals surface area contributed by atoms with Crippen LogP contribution in [0.1, 0.15) is 140 Å². The minimum absolute atomic E-state index is 0.222. The Hall–Kier alpha value is -4.24. The molecule has 0 aliphatic carbocycles. The van der Waals surface area contributed by atoms with Gasteiger partial charge in [0.25, 0.3) is 11.9 Å². The van der Waals surface area contributed by atoms with Gasteiger partial charge in [-0.25, -0.2) is 0 Å².